The Morgan fingerprint density at radius 1 is 1.39 bits per heavy atom. The Labute approximate surface area is 150 Å². The minimum atomic E-state index is -3.71. The second-order valence-corrected chi connectivity index (χ2v) is 10.0. The lowest BCUT2D eigenvalue weighted by Crippen LogP contribution is -2.45. The van der Waals surface area contributed by atoms with Gasteiger partial charge in [0.2, 0.25) is 10.0 Å². The van der Waals surface area contributed by atoms with Crippen LogP contribution in [0.3, 0.4) is 0 Å². The molecule has 0 fully saturated rings. The molecule has 1 aromatic heterocycles. The van der Waals surface area contributed by atoms with E-state index in [0.29, 0.717) is 15.1 Å². The van der Waals surface area contributed by atoms with E-state index in [1.54, 1.807) is 27.7 Å². The number of nitrogens with one attached hydrogen (secondary N) is 1. The lowest BCUT2D eigenvalue weighted by molar-refractivity contribution is 0.0415. The van der Waals surface area contributed by atoms with Crippen LogP contribution in [0.2, 0.25) is 5.02 Å². The van der Waals surface area contributed by atoms with Crippen molar-refractivity contribution in [3.05, 3.63) is 27.5 Å². The number of nitrogens with zero attached hydrogens (tertiary/aromatic N) is 1. The fraction of sp³-hybridized carbons (Fsp3) is 0.643. The summed E-state index contributed by atoms with van der Waals surface area (Å²) >= 11 is 9.51. The molecule has 6 nitrogen and oxygen atoms in total. The van der Waals surface area contributed by atoms with Gasteiger partial charge in [0.25, 0.3) is 0 Å². The number of pyridine rings is 1. The molecule has 3 atom stereocenters. The van der Waals surface area contributed by atoms with Gasteiger partial charge in [0.15, 0.2) is 0 Å². The summed E-state index contributed by atoms with van der Waals surface area (Å²) in [5.74, 6) is -0.620. The van der Waals surface area contributed by atoms with Crippen LogP contribution in [-0.2, 0) is 10.0 Å². The molecule has 132 valence electrons. The minimum Gasteiger partial charge on any atom is -0.394 e. The van der Waals surface area contributed by atoms with Crippen LogP contribution in [0.4, 0.5) is 0 Å². The number of rotatable bonds is 6. The smallest absolute Gasteiger partial charge is 0.217 e. The first-order chi connectivity index (χ1) is 10.4. The van der Waals surface area contributed by atoms with Crippen LogP contribution < -0.4 is 4.72 Å². The van der Waals surface area contributed by atoms with Crippen LogP contribution in [0.15, 0.2) is 16.9 Å². The van der Waals surface area contributed by atoms with Crippen LogP contribution in [0.5, 0.6) is 0 Å². The third kappa shape index (κ3) is 4.87. The third-order valence-corrected chi connectivity index (χ3v) is 7.04. The normalized spacial score (nSPS) is 16.9. The van der Waals surface area contributed by atoms with E-state index in [4.69, 9.17) is 11.6 Å². The zero-order chi connectivity index (χ0) is 18.0. The molecule has 23 heavy (non-hydrogen) atoms. The fourth-order valence-electron chi connectivity index (χ4n) is 1.84. The quantitative estimate of drug-likeness (QED) is 0.644. The molecule has 0 bridgehead atoms. The van der Waals surface area contributed by atoms with Crippen LogP contribution >= 0.6 is 27.5 Å². The predicted molar refractivity (Wildman–Crippen MR) is 93.8 cm³/mol. The molecule has 9 heteroatoms. The van der Waals surface area contributed by atoms with Gasteiger partial charge < -0.3 is 10.2 Å². The minimum absolute atomic E-state index is 0.304. The summed E-state index contributed by atoms with van der Waals surface area (Å²) in [5, 5.41) is 19.5. The summed E-state index contributed by atoms with van der Waals surface area (Å²) in [6, 6.07) is -0.834. The molecule has 0 amide bonds. The molecule has 1 rings (SSSR count). The van der Waals surface area contributed by atoms with Gasteiger partial charge in [0.1, 0.15) is 0 Å². The highest BCUT2D eigenvalue weighted by Gasteiger charge is 2.36. The van der Waals surface area contributed by atoms with Crippen LogP contribution in [-0.4, -0.2) is 41.1 Å². The van der Waals surface area contributed by atoms with E-state index in [9.17, 15) is 18.6 Å². The SMILES string of the molecule is CC(C(O)CO)C(NS(=O)(=O)C(C)(C)C)c1cncc(Br)c1Cl. The van der Waals surface area contributed by atoms with Crippen LogP contribution in [0, 0.1) is 5.92 Å². The highest BCUT2D eigenvalue weighted by Crippen LogP contribution is 2.35. The second-order valence-electron chi connectivity index (χ2n) is 6.34. The van der Waals surface area contributed by atoms with E-state index in [1.165, 1.54) is 12.4 Å². The first kappa shape index (κ1) is 20.8. The van der Waals surface area contributed by atoms with E-state index in [1.807, 2.05) is 0 Å². The van der Waals surface area contributed by atoms with Crippen molar-refractivity contribution in [3.63, 3.8) is 0 Å². The first-order valence-corrected chi connectivity index (χ1v) is 9.67. The highest BCUT2D eigenvalue weighted by atomic mass is 79.9. The molecule has 0 saturated heterocycles. The number of hydrogen-bond donors (Lipinski definition) is 3. The summed E-state index contributed by atoms with van der Waals surface area (Å²) in [4.78, 5) is 4.02. The van der Waals surface area contributed by atoms with Gasteiger partial charge in [-0.05, 0) is 36.7 Å². The monoisotopic (exact) mass is 428 g/mol. The van der Waals surface area contributed by atoms with Gasteiger partial charge in [-0.1, -0.05) is 18.5 Å². The van der Waals surface area contributed by atoms with Crippen molar-refractivity contribution in [2.24, 2.45) is 5.92 Å². The molecule has 1 aromatic rings. The summed E-state index contributed by atoms with van der Waals surface area (Å²) in [5.41, 5.74) is 0.425. The molecule has 0 aliphatic heterocycles. The fourth-order valence-corrected chi connectivity index (χ4v) is 3.43. The Bertz CT molecular complexity index is 649. The van der Waals surface area contributed by atoms with E-state index < -0.39 is 39.4 Å². The number of sulfonamides is 1. The molecule has 3 unspecified atom stereocenters. The molecule has 0 aliphatic rings. The molecular formula is C14H22BrClN2O4S. The van der Waals surface area contributed by atoms with E-state index in [-0.39, 0.29) is 0 Å². The highest BCUT2D eigenvalue weighted by molar-refractivity contribution is 9.10. The summed E-state index contributed by atoms with van der Waals surface area (Å²) in [6.45, 7) is 5.85. The lowest BCUT2D eigenvalue weighted by Gasteiger charge is -2.31. The van der Waals surface area contributed by atoms with Crippen molar-refractivity contribution in [2.45, 2.75) is 44.6 Å². The molecule has 0 aliphatic carbocycles. The third-order valence-electron chi connectivity index (χ3n) is 3.61. The first-order valence-electron chi connectivity index (χ1n) is 7.02. The van der Waals surface area contributed by atoms with E-state index in [2.05, 4.69) is 25.6 Å². The van der Waals surface area contributed by atoms with Gasteiger partial charge in [-0.15, -0.1) is 0 Å². The number of aliphatic hydroxyl groups is 2. The van der Waals surface area contributed by atoms with Gasteiger partial charge in [0.05, 0.1) is 33.0 Å². The maximum absolute atomic E-state index is 12.5. The van der Waals surface area contributed by atoms with Crippen molar-refractivity contribution in [3.8, 4) is 0 Å². The van der Waals surface area contributed by atoms with Crippen LogP contribution in [0.1, 0.15) is 39.3 Å². The molecule has 3 N–H and O–H groups in total. The lowest BCUT2D eigenvalue weighted by atomic mass is 9.92. The Balaban J connectivity index is 3.37. The Morgan fingerprint density at radius 3 is 2.43 bits per heavy atom. The maximum Gasteiger partial charge on any atom is 0.217 e. The number of halogens is 2. The maximum atomic E-state index is 12.5. The number of aliphatic hydroxyl groups excluding tert-OH is 2. The summed E-state index contributed by atoms with van der Waals surface area (Å²) in [6.07, 6.45) is 1.83. The van der Waals surface area contributed by atoms with Crippen molar-refractivity contribution in [1.29, 1.82) is 0 Å². The average molecular weight is 430 g/mol. The largest absolute Gasteiger partial charge is 0.394 e. The summed E-state index contributed by atoms with van der Waals surface area (Å²) in [7, 11) is -3.71. The van der Waals surface area contributed by atoms with Gasteiger partial charge in [-0.2, -0.15) is 0 Å². The standard InChI is InChI=1S/C14H22BrClN2O4S/c1-8(11(20)7-19)13(18-23(21,22)14(2,3)4)9-5-17-6-10(15)12(9)16/h5-6,8,11,13,18-20H,7H2,1-4H3. The van der Waals surface area contributed by atoms with Crippen molar-refractivity contribution in [2.75, 3.05) is 6.61 Å². The zero-order valence-electron chi connectivity index (χ0n) is 13.4. The van der Waals surface area contributed by atoms with Gasteiger partial charge in [0, 0.05) is 23.9 Å². The van der Waals surface area contributed by atoms with Crippen molar-refractivity contribution >= 4 is 37.6 Å². The molecule has 1 heterocycles. The van der Waals surface area contributed by atoms with E-state index >= 15 is 0 Å². The Morgan fingerprint density at radius 2 is 1.96 bits per heavy atom. The predicted octanol–water partition coefficient (Wildman–Crippen LogP) is 2.25. The van der Waals surface area contributed by atoms with Crippen molar-refractivity contribution < 1.29 is 18.6 Å². The molecule has 0 radical (unpaired) electrons. The topological polar surface area (TPSA) is 99.5 Å². The second kappa shape index (κ2) is 7.76. The van der Waals surface area contributed by atoms with Crippen molar-refractivity contribution in [1.82, 2.24) is 9.71 Å². The number of hydrogen-bond acceptors (Lipinski definition) is 5. The summed E-state index contributed by atoms with van der Waals surface area (Å²) < 4.78 is 27.1. The molecular weight excluding hydrogens is 408 g/mol. The van der Waals surface area contributed by atoms with Crippen LogP contribution in [0.25, 0.3) is 0 Å². The molecule has 0 saturated carbocycles. The van der Waals surface area contributed by atoms with E-state index in [0.717, 1.165) is 0 Å². The zero-order valence-corrected chi connectivity index (χ0v) is 16.6. The van der Waals surface area contributed by atoms with Gasteiger partial charge >= 0.3 is 0 Å². The molecule has 0 spiro atoms. The number of aromatic nitrogens is 1. The average Bonchev–Trinajstić information content (AvgIpc) is 2.45. The molecule has 0 aromatic carbocycles. The van der Waals surface area contributed by atoms with Gasteiger partial charge in [-0.25, -0.2) is 13.1 Å². The Hall–Kier alpha value is -0.250. The Kier molecular flexibility index (Phi) is 7.01. The van der Waals surface area contributed by atoms with Gasteiger partial charge in [-0.3, -0.25) is 4.98 Å².